The summed E-state index contributed by atoms with van der Waals surface area (Å²) in [6, 6.07) is 3.98. The van der Waals surface area contributed by atoms with Gasteiger partial charge in [-0.05, 0) is 12.1 Å². The van der Waals surface area contributed by atoms with Gasteiger partial charge in [-0.2, -0.15) is 5.21 Å². The molecule has 1 heterocycles. The number of aromatic amines is 1. The average Bonchev–Trinajstić information content (AvgIpc) is 2.84. The number of nitrogens with zero attached hydrogens (tertiary/aromatic N) is 4. The zero-order valence-corrected chi connectivity index (χ0v) is 10.1. The van der Waals surface area contributed by atoms with Crippen LogP contribution in [0.5, 0.6) is 0 Å². The summed E-state index contributed by atoms with van der Waals surface area (Å²) in [5.74, 6) is -0.195. The van der Waals surface area contributed by atoms with E-state index >= 15 is 0 Å². The minimum absolute atomic E-state index is 0.00108. The molecule has 0 spiro atoms. The lowest BCUT2D eigenvalue weighted by Crippen LogP contribution is -2.15. The smallest absolute Gasteiger partial charge is 0.289 e. The van der Waals surface area contributed by atoms with Crippen LogP contribution in [-0.2, 0) is 11.2 Å². The standard InChI is InChI=1S/C9H7ClN6O3/c10-6-2-1-5(3-7(6)16(18)19)11-9(17)4-8-12-14-15-13-8/h1-3H,4H2,(H,11,17)(H,12,13,14,15). The van der Waals surface area contributed by atoms with Gasteiger partial charge < -0.3 is 5.32 Å². The molecular weight excluding hydrogens is 276 g/mol. The van der Waals surface area contributed by atoms with Crippen molar-refractivity contribution >= 4 is 28.9 Å². The van der Waals surface area contributed by atoms with Gasteiger partial charge in [-0.3, -0.25) is 14.9 Å². The predicted octanol–water partition coefficient (Wildman–Crippen LogP) is 0.942. The summed E-state index contributed by atoms with van der Waals surface area (Å²) in [5, 5.41) is 25.9. The minimum atomic E-state index is -0.628. The zero-order chi connectivity index (χ0) is 13.8. The van der Waals surface area contributed by atoms with Crippen LogP contribution in [0, 0.1) is 10.1 Å². The van der Waals surface area contributed by atoms with Crippen molar-refractivity contribution in [3.8, 4) is 0 Å². The van der Waals surface area contributed by atoms with Crippen molar-refractivity contribution in [3.05, 3.63) is 39.2 Å². The fraction of sp³-hybridized carbons (Fsp3) is 0.111. The van der Waals surface area contributed by atoms with Crippen LogP contribution in [0.4, 0.5) is 11.4 Å². The van der Waals surface area contributed by atoms with Gasteiger partial charge in [0.25, 0.3) is 5.69 Å². The Bertz CT molecular complexity index is 614. The number of rotatable bonds is 4. The average molecular weight is 283 g/mol. The maximum absolute atomic E-state index is 11.6. The van der Waals surface area contributed by atoms with Crippen LogP contribution in [0.1, 0.15) is 5.82 Å². The lowest BCUT2D eigenvalue weighted by molar-refractivity contribution is -0.384. The number of hydrogen-bond donors (Lipinski definition) is 2. The molecule has 0 aliphatic rings. The molecule has 0 unspecified atom stereocenters. The number of nitrogens with one attached hydrogen (secondary N) is 2. The Balaban J connectivity index is 2.09. The second-order valence-corrected chi connectivity index (χ2v) is 3.88. The summed E-state index contributed by atoms with van der Waals surface area (Å²) >= 11 is 5.66. The van der Waals surface area contributed by atoms with Gasteiger partial charge in [0, 0.05) is 11.8 Å². The van der Waals surface area contributed by atoms with Crippen LogP contribution in [-0.4, -0.2) is 31.5 Å². The quantitative estimate of drug-likeness (QED) is 0.634. The Morgan fingerprint density at radius 3 is 2.95 bits per heavy atom. The molecule has 2 rings (SSSR count). The van der Waals surface area contributed by atoms with Crippen LogP contribution in [0.25, 0.3) is 0 Å². The molecule has 0 fully saturated rings. The highest BCUT2D eigenvalue weighted by Gasteiger charge is 2.14. The third-order valence-electron chi connectivity index (χ3n) is 2.13. The first-order chi connectivity index (χ1) is 9.06. The number of nitro benzene ring substituents is 1. The van der Waals surface area contributed by atoms with Crippen molar-refractivity contribution in [3.63, 3.8) is 0 Å². The van der Waals surface area contributed by atoms with Crippen LogP contribution >= 0.6 is 11.6 Å². The Kier molecular flexibility index (Phi) is 3.66. The number of benzene rings is 1. The highest BCUT2D eigenvalue weighted by molar-refractivity contribution is 6.32. The van der Waals surface area contributed by atoms with E-state index in [9.17, 15) is 14.9 Å². The Hall–Kier alpha value is -2.55. The summed E-state index contributed by atoms with van der Waals surface area (Å²) in [6.07, 6.45) is -0.0904. The van der Waals surface area contributed by atoms with Crippen molar-refractivity contribution in [1.29, 1.82) is 0 Å². The topological polar surface area (TPSA) is 127 Å². The summed E-state index contributed by atoms with van der Waals surface area (Å²) in [4.78, 5) is 21.7. The molecule has 0 radical (unpaired) electrons. The molecular formula is C9H7ClN6O3. The Morgan fingerprint density at radius 1 is 1.53 bits per heavy atom. The van der Waals surface area contributed by atoms with Crippen LogP contribution < -0.4 is 5.32 Å². The van der Waals surface area contributed by atoms with Crippen molar-refractivity contribution < 1.29 is 9.72 Å². The van der Waals surface area contributed by atoms with Crippen molar-refractivity contribution in [2.75, 3.05) is 5.32 Å². The number of aromatic nitrogens is 4. The van der Waals surface area contributed by atoms with Gasteiger partial charge >= 0.3 is 0 Å². The largest absolute Gasteiger partial charge is 0.325 e. The molecule has 2 aromatic rings. The zero-order valence-electron chi connectivity index (χ0n) is 9.33. The number of anilines is 1. The Morgan fingerprint density at radius 2 is 2.32 bits per heavy atom. The molecule has 98 valence electrons. The van der Waals surface area contributed by atoms with Crippen LogP contribution in [0.3, 0.4) is 0 Å². The fourth-order valence-corrected chi connectivity index (χ4v) is 1.52. The number of amides is 1. The first kappa shape index (κ1) is 12.9. The Labute approximate surface area is 111 Å². The normalized spacial score (nSPS) is 10.2. The maximum atomic E-state index is 11.6. The van der Waals surface area contributed by atoms with E-state index in [1.807, 2.05) is 0 Å². The summed E-state index contributed by atoms with van der Waals surface area (Å²) in [5.41, 5.74) is -0.0105. The van der Waals surface area contributed by atoms with Crippen molar-refractivity contribution in [2.24, 2.45) is 0 Å². The molecule has 2 N–H and O–H groups in total. The number of hydrogen-bond acceptors (Lipinski definition) is 6. The number of carbonyl (C=O) groups is 1. The molecule has 9 nitrogen and oxygen atoms in total. The van der Waals surface area contributed by atoms with Gasteiger partial charge in [0.05, 0.1) is 11.3 Å². The molecule has 0 bridgehead atoms. The minimum Gasteiger partial charge on any atom is -0.325 e. The third-order valence-corrected chi connectivity index (χ3v) is 2.45. The second-order valence-electron chi connectivity index (χ2n) is 3.48. The molecule has 1 aromatic heterocycles. The predicted molar refractivity (Wildman–Crippen MR) is 64.6 cm³/mol. The van der Waals surface area contributed by atoms with Gasteiger partial charge in [-0.25, -0.2) is 0 Å². The molecule has 0 aliphatic heterocycles. The second kappa shape index (κ2) is 5.40. The van der Waals surface area contributed by atoms with E-state index in [2.05, 4.69) is 25.9 Å². The monoisotopic (exact) mass is 282 g/mol. The molecule has 0 saturated heterocycles. The van der Waals surface area contributed by atoms with Crippen LogP contribution in [0.15, 0.2) is 18.2 Å². The summed E-state index contributed by atoms with van der Waals surface area (Å²) in [7, 11) is 0. The molecule has 19 heavy (non-hydrogen) atoms. The number of halogens is 1. The summed E-state index contributed by atoms with van der Waals surface area (Å²) in [6.45, 7) is 0. The SMILES string of the molecule is O=C(Cc1nn[nH]n1)Nc1ccc(Cl)c([N+](=O)[O-])c1. The highest BCUT2D eigenvalue weighted by atomic mass is 35.5. The fourth-order valence-electron chi connectivity index (χ4n) is 1.34. The van der Waals surface area contributed by atoms with E-state index in [1.54, 1.807) is 0 Å². The molecule has 10 heteroatoms. The van der Waals surface area contributed by atoms with Gasteiger partial charge in [-0.1, -0.05) is 16.8 Å². The van der Waals surface area contributed by atoms with Crippen molar-refractivity contribution in [2.45, 2.75) is 6.42 Å². The number of H-pyrrole nitrogens is 1. The molecule has 0 atom stereocenters. The third kappa shape index (κ3) is 3.22. The molecule has 0 saturated carbocycles. The van der Waals surface area contributed by atoms with Gasteiger partial charge in [-0.15, -0.1) is 10.2 Å². The maximum Gasteiger partial charge on any atom is 0.289 e. The first-order valence-electron chi connectivity index (χ1n) is 5.02. The molecule has 1 aromatic carbocycles. The van der Waals surface area contributed by atoms with E-state index in [-0.39, 0.29) is 28.6 Å². The van der Waals surface area contributed by atoms with Gasteiger partial charge in [0.1, 0.15) is 5.02 Å². The van der Waals surface area contributed by atoms with Gasteiger partial charge in [0.15, 0.2) is 5.82 Å². The molecule has 0 aliphatic carbocycles. The van der Waals surface area contributed by atoms with E-state index in [0.717, 1.165) is 0 Å². The lowest BCUT2D eigenvalue weighted by Gasteiger charge is -2.04. The highest BCUT2D eigenvalue weighted by Crippen LogP contribution is 2.27. The van der Waals surface area contributed by atoms with E-state index in [1.165, 1.54) is 18.2 Å². The van der Waals surface area contributed by atoms with E-state index in [4.69, 9.17) is 11.6 Å². The summed E-state index contributed by atoms with van der Waals surface area (Å²) < 4.78 is 0. The van der Waals surface area contributed by atoms with E-state index in [0.29, 0.717) is 0 Å². The van der Waals surface area contributed by atoms with E-state index < -0.39 is 10.8 Å². The number of nitro groups is 1. The number of carbonyl (C=O) groups excluding carboxylic acids is 1. The van der Waals surface area contributed by atoms with Crippen LogP contribution in [0.2, 0.25) is 5.02 Å². The first-order valence-corrected chi connectivity index (χ1v) is 5.40. The molecule has 1 amide bonds. The lowest BCUT2D eigenvalue weighted by atomic mass is 10.2. The van der Waals surface area contributed by atoms with Gasteiger partial charge in [0.2, 0.25) is 5.91 Å². The number of tetrazole rings is 1. The van der Waals surface area contributed by atoms with Crippen molar-refractivity contribution in [1.82, 2.24) is 20.6 Å².